The van der Waals surface area contributed by atoms with E-state index in [0.717, 1.165) is 29.1 Å². The van der Waals surface area contributed by atoms with Gasteiger partial charge in [0, 0.05) is 11.4 Å². The van der Waals surface area contributed by atoms with Crippen LogP contribution in [-0.4, -0.2) is 17.3 Å². The van der Waals surface area contributed by atoms with Gasteiger partial charge in [-0.25, -0.2) is 9.37 Å². The number of nitrogens with zero attached hydrogens (tertiary/aromatic N) is 1. The first-order valence-corrected chi connectivity index (χ1v) is 7.95. The molecule has 1 N–H and O–H groups in total. The first-order valence-electron chi connectivity index (χ1n) is 7.07. The van der Waals surface area contributed by atoms with Crippen molar-refractivity contribution < 1.29 is 27.1 Å². The molecule has 0 aliphatic heterocycles. The van der Waals surface area contributed by atoms with Crippen LogP contribution in [0.3, 0.4) is 0 Å². The number of carbonyl (C=O) groups excluding carboxylic acids is 1. The molecule has 24 heavy (non-hydrogen) atoms. The third-order valence-electron chi connectivity index (χ3n) is 3.66. The number of hydrogen-bond donors (Lipinski definition) is 1. The van der Waals surface area contributed by atoms with Crippen molar-refractivity contribution in [3.63, 3.8) is 0 Å². The van der Waals surface area contributed by atoms with Crippen LogP contribution in [0.5, 0.6) is 5.75 Å². The number of alkyl halides is 3. The number of rotatable bonds is 4. The molecular formula is C15H12F4N2O2S. The Labute approximate surface area is 138 Å². The Morgan fingerprint density at radius 1 is 1.42 bits per heavy atom. The lowest BCUT2D eigenvalue weighted by Crippen LogP contribution is -2.27. The molecule has 1 amide bonds. The number of hydrogen-bond acceptors (Lipinski definition) is 4. The van der Waals surface area contributed by atoms with Crippen molar-refractivity contribution in [1.29, 1.82) is 0 Å². The van der Waals surface area contributed by atoms with Crippen LogP contribution in [0.1, 0.15) is 28.5 Å². The van der Waals surface area contributed by atoms with E-state index in [9.17, 15) is 22.4 Å². The largest absolute Gasteiger partial charge is 0.573 e. The van der Waals surface area contributed by atoms with Crippen LogP contribution in [0.15, 0.2) is 23.7 Å². The number of thiazole rings is 1. The van der Waals surface area contributed by atoms with Gasteiger partial charge in [-0.2, -0.15) is 0 Å². The second-order valence-electron chi connectivity index (χ2n) is 5.28. The molecule has 3 rings (SSSR count). The summed E-state index contributed by atoms with van der Waals surface area (Å²) < 4.78 is 53.5. The minimum absolute atomic E-state index is 0.0205. The fourth-order valence-electron chi connectivity index (χ4n) is 2.59. The molecule has 0 saturated heterocycles. The Balaban J connectivity index is 1.61. The van der Waals surface area contributed by atoms with Crippen LogP contribution < -0.4 is 10.1 Å². The Morgan fingerprint density at radius 2 is 2.21 bits per heavy atom. The predicted octanol–water partition coefficient (Wildman–Crippen LogP) is 3.53. The molecule has 128 valence electrons. The first-order chi connectivity index (χ1) is 11.3. The molecular weight excluding hydrogens is 348 g/mol. The van der Waals surface area contributed by atoms with Gasteiger partial charge in [0.05, 0.1) is 17.1 Å². The van der Waals surface area contributed by atoms with Gasteiger partial charge in [-0.05, 0) is 30.5 Å². The minimum Gasteiger partial charge on any atom is -0.403 e. The van der Waals surface area contributed by atoms with Gasteiger partial charge in [0.1, 0.15) is 0 Å². The third kappa shape index (κ3) is 3.66. The Morgan fingerprint density at radius 3 is 2.92 bits per heavy atom. The highest BCUT2D eigenvalue weighted by Gasteiger charge is 2.33. The summed E-state index contributed by atoms with van der Waals surface area (Å²) in [6, 6.07) is 3.08. The number of halogens is 4. The summed E-state index contributed by atoms with van der Waals surface area (Å²) >= 11 is 1.42. The van der Waals surface area contributed by atoms with Crippen LogP contribution in [0.2, 0.25) is 0 Å². The van der Waals surface area contributed by atoms with Crippen molar-refractivity contribution in [2.24, 2.45) is 0 Å². The van der Waals surface area contributed by atoms with Crippen molar-refractivity contribution in [1.82, 2.24) is 10.3 Å². The van der Waals surface area contributed by atoms with E-state index in [1.807, 2.05) is 0 Å². The molecule has 1 unspecified atom stereocenters. The van der Waals surface area contributed by atoms with E-state index in [2.05, 4.69) is 15.0 Å². The van der Waals surface area contributed by atoms with Gasteiger partial charge >= 0.3 is 6.36 Å². The average molecular weight is 360 g/mol. The lowest BCUT2D eigenvalue weighted by molar-refractivity contribution is -0.275. The zero-order valence-corrected chi connectivity index (χ0v) is 13.0. The molecule has 1 aromatic carbocycles. The molecule has 0 bridgehead atoms. The quantitative estimate of drug-likeness (QED) is 0.849. The standard InChI is InChI=1S/C15H12F4N2O2S/c16-10-5-8(1-4-12(10)23-15(17,18)19)6-20-14(22)9-2-3-11-13(9)24-7-21-11/h1,4-5,7,9H,2-3,6H2,(H,20,22). The van der Waals surface area contributed by atoms with Crippen LogP contribution in [0.4, 0.5) is 17.6 Å². The van der Waals surface area contributed by atoms with Gasteiger partial charge in [-0.15, -0.1) is 24.5 Å². The minimum atomic E-state index is -4.95. The van der Waals surface area contributed by atoms with Crippen molar-refractivity contribution in [2.75, 3.05) is 0 Å². The molecule has 1 atom stereocenters. The fourth-order valence-corrected chi connectivity index (χ4v) is 3.56. The molecule has 9 heteroatoms. The molecule has 1 aromatic heterocycles. The van der Waals surface area contributed by atoms with Crippen LogP contribution >= 0.6 is 11.3 Å². The monoisotopic (exact) mass is 360 g/mol. The number of carbonyl (C=O) groups is 1. The summed E-state index contributed by atoms with van der Waals surface area (Å²) in [7, 11) is 0. The number of fused-ring (bicyclic) bond motifs is 1. The zero-order valence-electron chi connectivity index (χ0n) is 12.2. The van der Waals surface area contributed by atoms with Crippen molar-refractivity contribution in [3.8, 4) is 5.75 Å². The SMILES string of the molecule is O=C(NCc1ccc(OC(F)(F)F)c(F)c1)C1CCc2ncsc21. The first kappa shape index (κ1) is 16.7. The molecule has 4 nitrogen and oxygen atoms in total. The number of benzene rings is 1. The summed E-state index contributed by atoms with van der Waals surface area (Å²) in [5.41, 5.74) is 2.97. The Bertz CT molecular complexity index is 760. The van der Waals surface area contributed by atoms with Gasteiger partial charge in [-0.1, -0.05) is 6.07 Å². The van der Waals surface area contributed by atoms with Crippen LogP contribution in [0, 0.1) is 5.82 Å². The number of aryl methyl sites for hydroxylation is 1. The summed E-state index contributed by atoms with van der Waals surface area (Å²) in [6.45, 7) is 0.0205. The highest BCUT2D eigenvalue weighted by atomic mass is 32.1. The molecule has 2 aromatic rings. The Hall–Kier alpha value is -2.16. The molecule has 1 aliphatic rings. The number of aromatic nitrogens is 1. The smallest absolute Gasteiger partial charge is 0.403 e. The average Bonchev–Trinajstić information content (AvgIpc) is 3.09. The maximum absolute atomic E-state index is 13.6. The van der Waals surface area contributed by atoms with E-state index in [1.165, 1.54) is 17.4 Å². The lowest BCUT2D eigenvalue weighted by atomic mass is 10.1. The lowest BCUT2D eigenvalue weighted by Gasteiger charge is -2.12. The normalized spacial score (nSPS) is 16.8. The molecule has 1 heterocycles. The second kappa shape index (κ2) is 6.39. The highest BCUT2D eigenvalue weighted by molar-refractivity contribution is 7.10. The maximum atomic E-state index is 13.6. The van der Waals surface area contributed by atoms with E-state index in [1.54, 1.807) is 5.51 Å². The van der Waals surface area contributed by atoms with E-state index >= 15 is 0 Å². The van der Waals surface area contributed by atoms with Crippen molar-refractivity contribution in [3.05, 3.63) is 45.7 Å². The van der Waals surface area contributed by atoms with E-state index in [4.69, 9.17) is 0 Å². The maximum Gasteiger partial charge on any atom is 0.573 e. The van der Waals surface area contributed by atoms with Crippen LogP contribution in [-0.2, 0) is 17.8 Å². The van der Waals surface area contributed by atoms with Crippen molar-refractivity contribution in [2.45, 2.75) is 31.7 Å². The van der Waals surface area contributed by atoms with Gasteiger partial charge in [0.15, 0.2) is 11.6 Å². The second-order valence-corrected chi connectivity index (χ2v) is 6.17. The molecule has 0 saturated carbocycles. The molecule has 1 aliphatic carbocycles. The van der Waals surface area contributed by atoms with E-state index < -0.39 is 17.9 Å². The summed E-state index contributed by atoms with van der Waals surface area (Å²) in [4.78, 5) is 17.3. The van der Waals surface area contributed by atoms with Gasteiger partial charge in [0.25, 0.3) is 0 Å². The zero-order chi connectivity index (χ0) is 17.3. The Kier molecular flexibility index (Phi) is 4.44. The van der Waals surface area contributed by atoms with E-state index in [-0.39, 0.29) is 18.4 Å². The molecule has 0 radical (unpaired) electrons. The fraction of sp³-hybridized carbons (Fsp3) is 0.333. The number of amides is 1. The van der Waals surface area contributed by atoms with E-state index in [0.29, 0.717) is 12.0 Å². The summed E-state index contributed by atoms with van der Waals surface area (Å²) in [5.74, 6) is -2.51. The van der Waals surface area contributed by atoms with Crippen LogP contribution in [0.25, 0.3) is 0 Å². The van der Waals surface area contributed by atoms with Gasteiger partial charge < -0.3 is 10.1 Å². The summed E-state index contributed by atoms with van der Waals surface area (Å²) in [5, 5.41) is 2.68. The van der Waals surface area contributed by atoms with Gasteiger partial charge in [0.2, 0.25) is 5.91 Å². The highest BCUT2D eigenvalue weighted by Crippen LogP contribution is 2.35. The third-order valence-corrected chi connectivity index (χ3v) is 4.65. The number of ether oxygens (including phenoxy) is 1. The predicted molar refractivity (Wildman–Crippen MR) is 78.1 cm³/mol. The summed E-state index contributed by atoms with van der Waals surface area (Å²) in [6.07, 6.45) is -3.53. The molecule has 0 fully saturated rings. The number of nitrogens with one attached hydrogen (secondary N) is 1. The van der Waals surface area contributed by atoms with Gasteiger partial charge in [-0.3, -0.25) is 4.79 Å². The molecule has 0 spiro atoms. The topological polar surface area (TPSA) is 51.2 Å². The van der Waals surface area contributed by atoms with Crippen molar-refractivity contribution >= 4 is 17.2 Å².